The van der Waals surface area contributed by atoms with Crippen molar-refractivity contribution in [1.82, 2.24) is 15.0 Å². The largest absolute Gasteiger partial charge is 0.507 e. The Morgan fingerprint density at radius 2 is 0.927 bits per heavy atom. The van der Waals surface area contributed by atoms with E-state index >= 15 is 0 Å². The Morgan fingerprint density at radius 3 is 1.20 bits per heavy atom. The standard InChI is InChI=1S/C28H22BrN3O9/c1-3-23(36)39-14-5-8-17(20(33)11-14)25-30-26(18-9-6-15(12-21(18)34)40-24(37)4-2)32-27(31-25)19-10-7-16(13-22(19)35)41-28(29)38/h5-13,33-35H,3-4H2,1-2H3. The fourth-order valence-electron chi connectivity index (χ4n) is 3.53. The van der Waals surface area contributed by atoms with Gasteiger partial charge in [-0.25, -0.2) is 19.7 Å². The van der Waals surface area contributed by atoms with Gasteiger partial charge in [-0.2, -0.15) is 0 Å². The number of phenolic OH excluding ortho intramolecular Hbond substituents is 3. The fraction of sp³-hybridized carbons (Fsp3) is 0.143. The molecular weight excluding hydrogens is 602 g/mol. The summed E-state index contributed by atoms with van der Waals surface area (Å²) in [5.74, 6) is -1.84. The first kappa shape index (κ1) is 29.0. The highest BCUT2D eigenvalue weighted by Gasteiger charge is 2.20. The molecule has 4 rings (SSSR count). The molecule has 0 unspecified atom stereocenters. The zero-order valence-electron chi connectivity index (χ0n) is 21.6. The van der Waals surface area contributed by atoms with Crippen LogP contribution in [-0.2, 0) is 9.59 Å². The third-order valence-corrected chi connectivity index (χ3v) is 5.67. The average Bonchev–Trinajstić information content (AvgIpc) is 2.92. The minimum atomic E-state index is -0.763. The van der Waals surface area contributed by atoms with Gasteiger partial charge in [0.2, 0.25) is 0 Å². The van der Waals surface area contributed by atoms with Crippen molar-refractivity contribution < 1.29 is 43.9 Å². The van der Waals surface area contributed by atoms with Gasteiger partial charge in [-0.3, -0.25) is 9.59 Å². The maximum atomic E-state index is 11.7. The number of nitrogens with zero attached hydrogens (tertiary/aromatic N) is 3. The van der Waals surface area contributed by atoms with Crippen LogP contribution in [0.15, 0.2) is 54.6 Å². The molecule has 41 heavy (non-hydrogen) atoms. The predicted octanol–water partition coefficient (Wildman–Crippen LogP) is 5.51. The lowest BCUT2D eigenvalue weighted by Gasteiger charge is -2.12. The molecule has 0 radical (unpaired) electrons. The van der Waals surface area contributed by atoms with E-state index in [-0.39, 0.29) is 81.5 Å². The van der Waals surface area contributed by atoms with Gasteiger partial charge in [-0.15, -0.1) is 0 Å². The molecule has 0 saturated carbocycles. The van der Waals surface area contributed by atoms with Crippen molar-refractivity contribution in [2.75, 3.05) is 0 Å². The zero-order chi connectivity index (χ0) is 29.7. The van der Waals surface area contributed by atoms with Gasteiger partial charge in [0.15, 0.2) is 17.5 Å². The maximum Gasteiger partial charge on any atom is 0.379 e. The second-order valence-electron chi connectivity index (χ2n) is 8.34. The lowest BCUT2D eigenvalue weighted by Crippen LogP contribution is -2.06. The summed E-state index contributed by atoms with van der Waals surface area (Å²) < 4.78 is 15.2. The first-order valence-corrected chi connectivity index (χ1v) is 12.9. The van der Waals surface area contributed by atoms with Crippen LogP contribution in [0.3, 0.4) is 0 Å². The number of aromatic hydroxyl groups is 3. The molecular formula is C28H22BrN3O9. The van der Waals surface area contributed by atoms with Gasteiger partial charge in [0.05, 0.1) is 16.7 Å². The molecule has 0 spiro atoms. The lowest BCUT2D eigenvalue weighted by atomic mass is 10.1. The Bertz CT molecular complexity index is 1570. The van der Waals surface area contributed by atoms with Crippen LogP contribution >= 0.6 is 15.9 Å². The van der Waals surface area contributed by atoms with Gasteiger partial charge in [-0.1, -0.05) is 13.8 Å². The van der Waals surface area contributed by atoms with Gasteiger partial charge in [0.25, 0.3) is 0 Å². The summed E-state index contributed by atoms with van der Waals surface area (Å²) in [4.78, 5) is 47.0. The summed E-state index contributed by atoms with van der Waals surface area (Å²) in [6, 6.07) is 12.2. The molecule has 0 bridgehead atoms. The average molecular weight is 624 g/mol. The predicted molar refractivity (Wildman–Crippen MR) is 148 cm³/mol. The van der Waals surface area contributed by atoms with Crippen molar-refractivity contribution in [3.8, 4) is 68.7 Å². The van der Waals surface area contributed by atoms with E-state index in [1.165, 1.54) is 54.6 Å². The van der Waals surface area contributed by atoms with Crippen molar-refractivity contribution in [2.45, 2.75) is 26.7 Å². The molecule has 0 fully saturated rings. The van der Waals surface area contributed by atoms with E-state index < -0.39 is 16.8 Å². The van der Waals surface area contributed by atoms with Crippen molar-refractivity contribution >= 4 is 32.7 Å². The van der Waals surface area contributed by atoms with Crippen LogP contribution in [0.5, 0.6) is 34.5 Å². The number of hydrogen-bond donors (Lipinski definition) is 3. The van der Waals surface area contributed by atoms with Gasteiger partial charge < -0.3 is 29.5 Å². The molecule has 13 heteroatoms. The number of carbonyl (C=O) groups is 3. The van der Waals surface area contributed by atoms with Crippen molar-refractivity contribution in [3.05, 3.63) is 54.6 Å². The lowest BCUT2D eigenvalue weighted by molar-refractivity contribution is -0.134. The van der Waals surface area contributed by atoms with E-state index in [9.17, 15) is 29.7 Å². The quantitative estimate of drug-likeness (QED) is 0.127. The summed E-state index contributed by atoms with van der Waals surface area (Å²) in [6.45, 7) is 3.26. The summed E-state index contributed by atoms with van der Waals surface area (Å²) in [7, 11) is 0. The molecule has 1 heterocycles. The molecule has 210 valence electrons. The number of benzene rings is 3. The normalized spacial score (nSPS) is 10.6. The summed E-state index contributed by atoms with van der Waals surface area (Å²) in [5, 5.41) is 32.1. The molecule has 0 aliphatic heterocycles. The van der Waals surface area contributed by atoms with Gasteiger partial charge in [-0.05, 0) is 36.4 Å². The molecule has 4 aromatic rings. The third kappa shape index (κ3) is 6.94. The number of aromatic nitrogens is 3. The topological polar surface area (TPSA) is 178 Å². The van der Waals surface area contributed by atoms with E-state index in [0.29, 0.717) is 0 Å². The highest BCUT2D eigenvalue weighted by atomic mass is 79.9. The number of carbonyl (C=O) groups excluding carboxylic acids is 3. The molecule has 0 amide bonds. The maximum absolute atomic E-state index is 11.7. The Labute approximate surface area is 241 Å². The number of hydrogen-bond acceptors (Lipinski definition) is 12. The Morgan fingerprint density at radius 1 is 0.610 bits per heavy atom. The number of halogens is 1. The molecule has 0 aliphatic rings. The molecule has 12 nitrogen and oxygen atoms in total. The number of esters is 2. The fourth-order valence-corrected chi connectivity index (χ4v) is 3.72. The molecule has 0 atom stereocenters. The van der Waals surface area contributed by atoms with Crippen molar-refractivity contribution in [1.29, 1.82) is 0 Å². The highest BCUT2D eigenvalue weighted by molar-refractivity contribution is 9.18. The number of rotatable bonds is 8. The first-order valence-electron chi connectivity index (χ1n) is 12.1. The van der Waals surface area contributed by atoms with Crippen LogP contribution in [0.2, 0.25) is 0 Å². The van der Waals surface area contributed by atoms with E-state index in [2.05, 4.69) is 30.9 Å². The van der Waals surface area contributed by atoms with Crippen LogP contribution in [0.25, 0.3) is 34.2 Å². The van der Waals surface area contributed by atoms with Gasteiger partial charge in [0.1, 0.15) is 34.5 Å². The zero-order valence-corrected chi connectivity index (χ0v) is 23.2. The molecule has 0 aliphatic carbocycles. The SMILES string of the molecule is CCC(=O)Oc1ccc(-c2nc(-c3ccc(OC(=O)Br)cc3O)nc(-c3ccc(OC(=O)CC)cc3O)n2)c(O)c1. The Balaban J connectivity index is 1.85. The number of phenols is 3. The summed E-state index contributed by atoms with van der Waals surface area (Å²) in [6.07, 6.45) is 0.277. The molecule has 3 N–H and O–H groups in total. The van der Waals surface area contributed by atoms with Gasteiger partial charge >= 0.3 is 16.8 Å². The van der Waals surface area contributed by atoms with Crippen molar-refractivity contribution in [2.24, 2.45) is 0 Å². The third-order valence-electron chi connectivity index (χ3n) is 5.50. The molecule has 0 saturated heterocycles. The van der Waals surface area contributed by atoms with Gasteiger partial charge in [0, 0.05) is 47.0 Å². The van der Waals surface area contributed by atoms with Crippen LogP contribution in [0.1, 0.15) is 26.7 Å². The van der Waals surface area contributed by atoms with E-state index in [1.54, 1.807) is 13.8 Å². The Hall–Kier alpha value is -5.04. The van der Waals surface area contributed by atoms with Crippen molar-refractivity contribution in [3.63, 3.8) is 0 Å². The summed E-state index contributed by atoms with van der Waals surface area (Å²) in [5.41, 5.74) is 0.372. The summed E-state index contributed by atoms with van der Waals surface area (Å²) >= 11 is 2.65. The minimum absolute atomic E-state index is 0.0485. The van der Waals surface area contributed by atoms with E-state index in [4.69, 9.17) is 14.2 Å². The molecule has 1 aromatic heterocycles. The van der Waals surface area contributed by atoms with Crippen LogP contribution in [0.4, 0.5) is 4.79 Å². The Kier molecular flexibility index (Phi) is 8.78. The minimum Gasteiger partial charge on any atom is -0.507 e. The second kappa shape index (κ2) is 12.4. The number of ether oxygens (including phenoxy) is 3. The van der Waals surface area contributed by atoms with E-state index in [0.717, 1.165) is 0 Å². The van der Waals surface area contributed by atoms with Crippen LogP contribution in [0, 0.1) is 0 Å². The van der Waals surface area contributed by atoms with Crippen LogP contribution in [-0.4, -0.2) is 47.1 Å². The first-order chi connectivity index (χ1) is 19.6. The smallest absolute Gasteiger partial charge is 0.379 e. The van der Waals surface area contributed by atoms with Crippen LogP contribution < -0.4 is 14.2 Å². The monoisotopic (exact) mass is 623 g/mol. The van der Waals surface area contributed by atoms with E-state index in [1.807, 2.05) is 0 Å². The highest BCUT2D eigenvalue weighted by Crippen LogP contribution is 2.37. The second-order valence-corrected chi connectivity index (χ2v) is 8.99. The molecule has 3 aromatic carbocycles.